The number of carbonyl (C=O) groups excluding carboxylic acids is 2. The van der Waals surface area contributed by atoms with Gasteiger partial charge in [-0.3, -0.25) is 9.59 Å². The molecule has 0 fully saturated rings. The van der Waals surface area contributed by atoms with Gasteiger partial charge in [-0.05, 0) is 5.92 Å². The van der Waals surface area contributed by atoms with E-state index in [4.69, 9.17) is 0 Å². The van der Waals surface area contributed by atoms with Gasteiger partial charge in [0.25, 0.3) is 0 Å². The zero-order chi connectivity index (χ0) is 11.8. The van der Waals surface area contributed by atoms with Crippen molar-refractivity contribution in [3.05, 3.63) is 25.7 Å². The van der Waals surface area contributed by atoms with Crippen LogP contribution in [-0.4, -0.2) is 11.9 Å². The fraction of sp³-hybridized carbons (Fsp3) is 0.455. The van der Waals surface area contributed by atoms with Crippen LogP contribution in [0.15, 0.2) is 25.7 Å². The van der Waals surface area contributed by atoms with Crippen LogP contribution in [0.25, 0.3) is 0 Å². The van der Waals surface area contributed by atoms with Crippen molar-refractivity contribution in [2.75, 3.05) is 0 Å². The summed E-state index contributed by atoms with van der Waals surface area (Å²) in [4.78, 5) is 22.9. The summed E-state index contributed by atoms with van der Waals surface area (Å²) in [5.41, 5.74) is 0. The molecule has 0 rings (SSSR count). The molecule has 0 aromatic carbocycles. The fourth-order valence-electron chi connectivity index (χ4n) is 1.11. The van der Waals surface area contributed by atoms with Crippen LogP contribution in [0.3, 0.4) is 0 Å². The lowest BCUT2D eigenvalue weighted by molar-refractivity contribution is -0.158. The van der Waals surface area contributed by atoms with Gasteiger partial charge in [-0.1, -0.05) is 33.4 Å². The second kappa shape index (κ2) is 6.81. The maximum absolute atomic E-state index is 11.4. The van der Waals surface area contributed by atoms with Gasteiger partial charge in [-0.15, -0.1) is 0 Å². The summed E-state index contributed by atoms with van der Waals surface area (Å²) >= 11 is 0. The van der Waals surface area contributed by atoms with E-state index in [0.717, 1.165) is 12.5 Å². The van der Waals surface area contributed by atoms with Crippen molar-refractivity contribution in [1.29, 1.82) is 0 Å². The molecule has 0 aliphatic heterocycles. The van der Waals surface area contributed by atoms with Crippen LogP contribution in [0.1, 0.15) is 20.3 Å². The van der Waals surface area contributed by atoms with Gasteiger partial charge in [0.2, 0.25) is 0 Å². The predicted octanol–water partition coefficient (Wildman–Crippen LogP) is 2.02. The molecular formula is C11H16O4. The number of ether oxygens (including phenoxy) is 2. The number of hydrogen-bond acceptors (Lipinski definition) is 4. The van der Waals surface area contributed by atoms with Gasteiger partial charge in [-0.25, -0.2) is 0 Å². The van der Waals surface area contributed by atoms with E-state index in [1.807, 2.05) is 6.92 Å². The molecule has 0 saturated heterocycles. The van der Waals surface area contributed by atoms with Crippen molar-refractivity contribution >= 4 is 11.9 Å². The molecule has 0 radical (unpaired) electrons. The van der Waals surface area contributed by atoms with Crippen molar-refractivity contribution < 1.29 is 19.1 Å². The van der Waals surface area contributed by atoms with E-state index in [1.165, 1.54) is 0 Å². The smallest absolute Gasteiger partial charge is 0.325 e. The van der Waals surface area contributed by atoms with Gasteiger partial charge in [0, 0.05) is 0 Å². The van der Waals surface area contributed by atoms with Crippen molar-refractivity contribution in [2.45, 2.75) is 20.3 Å². The largest absolute Gasteiger partial charge is 0.434 e. The SMILES string of the molecule is C=COC(=O)C(C(=O)OC=C)C(C)CC. The Morgan fingerprint density at radius 2 is 1.60 bits per heavy atom. The summed E-state index contributed by atoms with van der Waals surface area (Å²) in [5, 5.41) is 0. The van der Waals surface area contributed by atoms with E-state index in [2.05, 4.69) is 22.6 Å². The molecule has 0 spiro atoms. The van der Waals surface area contributed by atoms with Crippen LogP contribution < -0.4 is 0 Å². The minimum absolute atomic E-state index is 0.148. The summed E-state index contributed by atoms with van der Waals surface area (Å²) in [7, 11) is 0. The quantitative estimate of drug-likeness (QED) is 0.384. The molecule has 0 bridgehead atoms. The average molecular weight is 212 g/mol. The van der Waals surface area contributed by atoms with Gasteiger partial charge in [0.1, 0.15) is 0 Å². The molecule has 15 heavy (non-hydrogen) atoms. The van der Waals surface area contributed by atoms with Crippen LogP contribution in [0.5, 0.6) is 0 Å². The number of esters is 2. The lowest BCUT2D eigenvalue weighted by atomic mass is 9.92. The lowest BCUT2D eigenvalue weighted by Crippen LogP contribution is -2.31. The molecule has 0 N–H and O–H groups in total. The summed E-state index contributed by atoms with van der Waals surface area (Å²) in [5.74, 6) is -2.37. The highest BCUT2D eigenvalue weighted by atomic mass is 16.5. The van der Waals surface area contributed by atoms with Gasteiger partial charge in [0.05, 0.1) is 12.5 Å². The van der Waals surface area contributed by atoms with Gasteiger partial charge >= 0.3 is 11.9 Å². The minimum Gasteiger partial charge on any atom is -0.434 e. The Morgan fingerprint density at radius 1 is 1.20 bits per heavy atom. The molecular weight excluding hydrogens is 196 g/mol. The normalized spacial score (nSPS) is 11.7. The summed E-state index contributed by atoms with van der Waals surface area (Å²) < 4.78 is 9.17. The Hall–Kier alpha value is -1.58. The van der Waals surface area contributed by atoms with Crippen LogP contribution in [-0.2, 0) is 19.1 Å². The summed E-state index contributed by atoms with van der Waals surface area (Å²) in [6.45, 7) is 10.2. The highest BCUT2D eigenvalue weighted by molar-refractivity contribution is 5.95. The molecule has 84 valence electrons. The first-order valence-electron chi connectivity index (χ1n) is 4.71. The zero-order valence-corrected chi connectivity index (χ0v) is 9.06. The third-order valence-electron chi connectivity index (χ3n) is 2.12. The molecule has 0 heterocycles. The number of rotatable bonds is 6. The molecule has 4 nitrogen and oxygen atoms in total. The molecule has 1 unspecified atom stereocenters. The maximum Gasteiger partial charge on any atom is 0.325 e. The van der Waals surface area contributed by atoms with E-state index in [9.17, 15) is 9.59 Å². The topological polar surface area (TPSA) is 52.6 Å². The Morgan fingerprint density at radius 3 is 1.87 bits per heavy atom. The van der Waals surface area contributed by atoms with Crippen LogP contribution in [0, 0.1) is 11.8 Å². The second-order valence-electron chi connectivity index (χ2n) is 3.07. The third kappa shape index (κ3) is 3.97. The molecule has 0 aliphatic rings. The molecule has 0 aromatic rings. The first-order valence-corrected chi connectivity index (χ1v) is 4.71. The fourth-order valence-corrected chi connectivity index (χ4v) is 1.11. The molecule has 4 heteroatoms. The average Bonchev–Trinajstić information content (AvgIpc) is 2.18. The van der Waals surface area contributed by atoms with E-state index >= 15 is 0 Å². The number of hydrogen-bond donors (Lipinski definition) is 0. The minimum atomic E-state index is -0.925. The third-order valence-corrected chi connectivity index (χ3v) is 2.12. The highest BCUT2D eigenvalue weighted by Gasteiger charge is 2.33. The second-order valence-corrected chi connectivity index (χ2v) is 3.07. The van der Waals surface area contributed by atoms with Crippen molar-refractivity contribution in [2.24, 2.45) is 11.8 Å². The predicted molar refractivity (Wildman–Crippen MR) is 55.5 cm³/mol. The highest BCUT2D eigenvalue weighted by Crippen LogP contribution is 2.18. The van der Waals surface area contributed by atoms with E-state index in [0.29, 0.717) is 6.42 Å². The zero-order valence-electron chi connectivity index (χ0n) is 9.06. The van der Waals surface area contributed by atoms with Crippen LogP contribution in [0.4, 0.5) is 0 Å². The maximum atomic E-state index is 11.4. The Labute approximate surface area is 89.6 Å². The van der Waals surface area contributed by atoms with Crippen molar-refractivity contribution in [3.63, 3.8) is 0 Å². The molecule has 1 atom stereocenters. The van der Waals surface area contributed by atoms with Crippen LogP contribution >= 0.6 is 0 Å². The Bertz CT molecular complexity index is 235. The number of carbonyl (C=O) groups is 2. The van der Waals surface area contributed by atoms with Crippen molar-refractivity contribution in [1.82, 2.24) is 0 Å². The van der Waals surface area contributed by atoms with Crippen LogP contribution in [0.2, 0.25) is 0 Å². The first kappa shape index (κ1) is 13.4. The molecule has 0 saturated carbocycles. The van der Waals surface area contributed by atoms with Gasteiger partial charge < -0.3 is 9.47 Å². The standard InChI is InChI=1S/C11H16O4/c1-5-8(4)9(10(12)14-6-2)11(13)15-7-3/h6-9H,2-3,5H2,1,4H3. The van der Waals surface area contributed by atoms with E-state index < -0.39 is 17.9 Å². The van der Waals surface area contributed by atoms with Crippen molar-refractivity contribution in [3.8, 4) is 0 Å². The first-order chi connectivity index (χ1) is 7.08. The summed E-state index contributed by atoms with van der Waals surface area (Å²) in [6.07, 6.45) is 2.67. The Balaban J connectivity index is 4.70. The van der Waals surface area contributed by atoms with E-state index in [1.54, 1.807) is 6.92 Å². The van der Waals surface area contributed by atoms with Gasteiger partial charge in [-0.2, -0.15) is 0 Å². The van der Waals surface area contributed by atoms with Gasteiger partial charge in [0.15, 0.2) is 5.92 Å². The van der Waals surface area contributed by atoms with E-state index in [-0.39, 0.29) is 5.92 Å². The molecule has 0 amide bonds. The summed E-state index contributed by atoms with van der Waals surface area (Å²) in [6, 6.07) is 0. The monoisotopic (exact) mass is 212 g/mol. The Kier molecular flexibility index (Phi) is 6.09. The lowest BCUT2D eigenvalue weighted by Gasteiger charge is -2.17. The molecule has 0 aromatic heterocycles. The molecule has 0 aliphatic carbocycles.